The number of benzene rings is 1. The van der Waals surface area contributed by atoms with Gasteiger partial charge < -0.3 is 4.42 Å². The molecule has 3 rings (SSSR count). The summed E-state index contributed by atoms with van der Waals surface area (Å²) in [7, 11) is 0. The number of hydrazone groups is 1. The highest BCUT2D eigenvalue weighted by Crippen LogP contribution is 2.24. The maximum Gasteiger partial charge on any atom is 0.289 e. The van der Waals surface area contributed by atoms with E-state index in [0.717, 1.165) is 0 Å². The van der Waals surface area contributed by atoms with Crippen LogP contribution in [0, 0.1) is 5.82 Å². The second kappa shape index (κ2) is 6.65. The Bertz CT molecular complexity index is 844. The topological polar surface area (TPSA) is 67.5 Å². The molecule has 23 heavy (non-hydrogen) atoms. The SMILES string of the molecule is O=C(N/N=C\c1ccc(-c2ccccc2F)o1)c1ccccn1. The molecule has 1 amide bonds. The highest BCUT2D eigenvalue weighted by atomic mass is 19.1. The molecule has 0 spiro atoms. The second-order valence-corrected chi connectivity index (χ2v) is 4.60. The van der Waals surface area contributed by atoms with E-state index in [9.17, 15) is 9.18 Å². The van der Waals surface area contributed by atoms with Crippen molar-refractivity contribution in [2.24, 2.45) is 5.10 Å². The van der Waals surface area contributed by atoms with Crippen molar-refractivity contribution in [1.82, 2.24) is 10.4 Å². The smallest absolute Gasteiger partial charge is 0.289 e. The molecule has 0 aliphatic rings. The predicted molar refractivity (Wildman–Crippen MR) is 83.4 cm³/mol. The fourth-order valence-electron chi connectivity index (χ4n) is 1.94. The molecule has 2 aromatic heterocycles. The molecule has 0 saturated heterocycles. The van der Waals surface area contributed by atoms with Crippen molar-refractivity contribution >= 4 is 12.1 Å². The summed E-state index contributed by atoms with van der Waals surface area (Å²) in [6.45, 7) is 0. The molecule has 0 aliphatic carbocycles. The number of amides is 1. The van der Waals surface area contributed by atoms with Gasteiger partial charge >= 0.3 is 0 Å². The molecule has 0 saturated carbocycles. The van der Waals surface area contributed by atoms with Gasteiger partial charge in [-0.2, -0.15) is 5.10 Å². The average Bonchev–Trinajstić information content (AvgIpc) is 3.04. The third kappa shape index (κ3) is 3.49. The van der Waals surface area contributed by atoms with Gasteiger partial charge in [0.2, 0.25) is 0 Å². The van der Waals surface area contributed by atoms with E-state index >= 15 is 0 Å². The molecule has 6 heteroatoms. The van der Waals surface area contributed by atoms with E-state index in [0.29, 0.717) is 17.1 Å². The van der Waals surface area contributed by atoms with Crippen LogP contribution in [0.5, 0.6) is 0 Å². The first kappa shape index (κ1) is 14.6. The fraction of sp³-hybridized carbons (Fsp3) is 0. The van der Waals surface area contributed by atoms with Crippen LogP contribution >= 0.6 is 0 Å². The quantitative estimate of drug-likeness (QED) is 0.594. The molecule has 1 aromatic carbocycles. The number of hydrogen-bond donors (Lipinski definition) is 1. The van der Waals surface area contributed by atoms with Crippen LogP contribution in [0.15, 0.2) is 70.3 Å². The first-order chi connectivity index (χ1) is 11.2. The molecule has 0 bridgehead atoms. The van der Waals surface area contributed by atoms with Gasteiger partial charge in [0.15, 0.2) is 0 Å². The van der Waals surface area contributed by atoms with Crippen LogP contribution in [0.4, 0.5) is 4.39 Å². The Morgan fingerprint density at radius 2 is 1.96 bits per heavy atom. The molecule has 1 N–H and O–H groups in total. The van der Waals surface area contributed by atoms with Gasteiger partial charge in [0.05, 0.1) is 11.8 Å². The summed E-state index contributed by atoms with van der Waals surface area (Å²) in [5.74, 6) is -0.0123. The Hall–Kier alpha value is -3.28. The van der Waals surface area contributed by atoms with Gasteiger partial charge in [0.25, 0.3) is 5.91 Å². The minimum Gasteiger partial charge on any atom is -0.455 e. The third-order valence-corrected chi connectivity index (χ3v) is 3.02. The largest absolute Gasteiger partial charge is 0.455 e. The lowest BCUT2D eigenvalue weighted by Gasteiger charge is -1.98. The van der Waals surface area contributed by atoms with E-state index in [-0.39, 0.29) is 11.5 Å². The Balaban J connectivity index is 1.68. The first-order valence-electron chi connectivity index (χ1n) is 6.83. The van der Waals surface area contributed by atoms with Gasteiger partial charge in [-0.25, -0.2) is 9.82 Å². The monoisotopic (exact) mass is 309 g/mol. The minimum absolute atomic E-state index is 0.260. The molecule has 0 atom stereocenters. The number of aromatic nitrogens is 1. The van der Waals surface area contributed by atoms with Crippen molar-refractivity contribution in [1.29, 1.82) is 0 Å². The van der Waals surface area contributed by atoms with Crippen molar-refractivity contribution in [2.75, 3.05) is 0 Å². The van der Waals surface area contributed by atoms with Crippen LogP contribution in [0.3, 0.4) is 0 Å². The second-order valence-electron chi connectivity index (χ2n) is 4.60. The number of halogens is 1. The number of hydrogen-bond acceptors (Lipinski definition) is 4. The number of pyridine rings is 1. The van der Waals surface area contributed by atoms with Gasteiger partial charge in [0, 0.05) is 6.20 Å². The molecule has 114 valence electrons. The molecule has 5 nitrogen and oxygen atoms in total. The number of furan rings is 1. The van der Waals surface area contributed by atoms with Crippen LogP contribution in [0.2, 0.25) is 0 Å². The zero-order chi connectivity index (χ0) is 16.1. The maximum absolute atomic E-state index is 13.7. The first-order valence-corrected chi connectivity index (χ1v) is 6.83. The van der Waals surface area contributed by atoms with Crippen molar-refractivity contribution in [2.45, 2.75) is 0 Å². The van der Waals surface area contributed by atoms with Crippen LogP contribution in [-0.2, 0) is 0 Å². The summed E-state index contributed by atoms with van der Waals surface area (Å²) in [5, 5.41) is 3.80. The Kier molecular flexibility index (Phi) is 4.24. The van der Waals surface area contributed by atoms with Crippen molar-refractivity contribution < 1.29 is 13.6 Å². The lowest BCUT2D eigenvalue weighted by molar-refractivity contribution is 0.0950. The van der Waals surface area contributed by atoms with Gasteiger partial charge in [-0.1, -0.05) is 18.2 Å². The lowest BCUT2D eigenvalue weighted by Crippen LogP contribution is -2.18. The third-order valence-electron chi connectivity index (χ3n) is 3.02. The molecular formula is C17H12FN3O2. The summed E-state index contributed by atoms with van der Waals surface area (Å²) in [6.07, 6.45) is 2.86. The van der Waals surface area contributed by atoms with Crippen molar-refractivity contribution in [3.63, 3.8) is 0 Å². The number of carbonyl (C=O) groups excluding carboxylic acids is 1. The van der Waals surface area contributed by atoms with Crippen molar-refractivity contribution in [3.8, 4) is 11.3 Å². The maximum atomic E-state index is 13.7. The van der Waals surface area contributed by atoms with Crippen molar-refractivity contribution in [3.05, 3.63) is 78.1 Å². The van der Waals surface area contributed by atoms with E-state index < -0.39 is 5.91 Å². The summed E-state index contributed by atoms with van der Waals surface area (Å²) < 4.78 is 19.2. The van der Waals surface area contributed by atoms with Crippen LogP contribution in [-0.4, -0.2) is 17.1 Å². The summed E-state index contributed by atoms with van der Waals surface area (Å²) in [6, 6.07) is 14.6. The van der Waals surface area contributed by atoms with E-state index in [1.165, 1.54) is 18.5 Å². The fourth-order valence-corrected chi connectivity index (χ4v) is 1.94. The minimum atomic E-state index is -0.428. The summed E-state index contributed by atoms with van der Waals surface area (Å²) in [5.41, 5.74) is 2.97. The summed E-state index contributed by atoms with van der Waals surface area (Å²) >= 11 is 0. The van der Waals surface area contributed by atoms with Gasteiger partial charge in [0.1, 0.15) is 23.0 Å². The molecule has 2 heterocycles. The Morgan fingerprint density at radius 1 is 1.13 bits per heavy atom. The predicted octanol–water partition coefficient (Wildman–Crippen LogP) is 3.24. The standard InChI is InChI=1S/C17H12FN3O2/c18-14-6-2-1-5-13(14)16-9-8-12(23-16)11-20-21-17(22)15-7-3-4-10-19-15/h1-11H,(H,21,22)/b20-11-. The van der Waals surface area contributed by atoms with E-state index in [2.05, 4.69) is 15.5 Å². The van der Waals surface area contributed by atoms with Gasteiger partial charge in [-0.05, 0) is 36.4 Å². The molecule has 0 aliphatic heterocycles. The highest BCUT2D eigenvalue weighted by Gasteiger charge is 2.08. The Morgan fingerprint density at radius 3 is 2.74 bits per heavy atom. The van der Waals surface area contributed by atoms with Gasteiger partial charge in [-0.15, -0.1) is 0 Å². The van der Waals surface area contributed by atoms with Crippen LogP contribution in [0.25, 0.3) is 11.3 Å². The van der Waals surface area contributed by atoms with Crippen LogP contribution < -0.4 is 5.43 Å². The van der Waals surface area contributed by atoms with E-state index in [1.807, 2.05) is 0 Å². The normalized spacial score (nSPS) is 10.8. The van der Waals surface area contributed by atoms with Crippen LogP contribution in [0.1, 0.15) is 16.2 Å². The lowest BCUT2D eigenvalue weighted by atomic mass is 10.1. The zero-order valence-corrected chi connectivity index (χ0v) is 11.9. The van der Waals surface area contributed by atoms with E-state index in [1.54, 1.807) is 48.5 Å². The molecule has 0 fully saturated rings. The molecule has 3 aromatic rings. The molecular weight excluding hydrogens is 297 g/mol. The zero-order valence-electron chi connectivity index (χ0n) is 11.9. The number of carbonyl (C=O) groups is 1. The highest BCUT2D eigenvalue weighted by molar-refractivity contribution is 5.92. The number of nitrogens with zero attached hydrogens (tertiary/aromatic N) is 2. The molecule has 0 unspecified atom stereocenters. The summed E-state index contributed by atoms with van der Waals surface area (Å²) in [4.78, 5) is 15.6. The van der Waals surface area contributed by atoms with Gasteiger partial charge in [-0.3, -0.25) is 9.78 Å². The molecule has 0 radical (unpaired) electrons. The number of nitrogens with one attached hydrogen (secondary N) is 1. The number of rotatable bonds is 4. The Labute approximate surface area is 131 Å². The average molecular weight is 309 g/mol. The van der Waals surface area contributed by atoms with E-state index in [4.69, 9.17) is 4.42 Å².